The van der Waals surface area contributed by atoms with Gasteiger partial charge in [0.2, 0.25) is 11.8 Å². The first kappa shape index (κ1) is 12.3. The van der Waals surface area contributed by atoms with Crippen molar-refractivity contribution in [1.82, 2.24) is 4.90 Å². The van der Waals surface area contributed by atoms with Crippen LogP contribution in [0.1, 0.15) is 19.3 Å². The lowest BCUT2D eigenvalue weighted by molar-refractivity contribution is -0.140. The van der Waals surface area contributed by atoms with E-state index in [4.69, 9.17) is 4.74 Å². The van der Waals surface area contributed by atoms with Crippen molar-refractivity contribution in [3.63, 3.8) is 0 Å². The Kier molecular flexibility index (Phi) is 3.72. The lowest BCUT2D eigenvalue weighted by Gasteiger charge is -2.12. The van der Waals surface area contributed by atoms with Gasteiger partial charge in [-0.15, -0.1) is 0 Å². The highest BCUT2D eigenvalue weighted by atomic mass is 16.5. The van der Waals surface area contributed by atoms with Gasteiger partial charge in [-0.05, 0) is 12.1 Å². The van der Waals surface area contributed by atoms with Crippen LogP contribution in [0.2, 0.25) is 0 Å². The molecule has 2 rings (SSSR count). The lowest BCUT2D eigenvalue weighted by Crippen LogP contribution is -2.31. The quantitative estimate of drug-likeness (QED) is 0.454. The van der Waals surface area contributed by atoms with E-state index >= 15 is 0 Å². The lowest BCUT2D eigenvalue weighted by atomic mass is 10.3. The topological polar surface area (TPSA) is 63.7 Å². The third-order valence-corrected chi connectivity index (χ3v) is 2.67. The Morgan fingerprint density at radius 2 is 1.72 bits per heavy atom. The minimum absolute atomic E-state index is 0.0202. The molecule has 94 valence electrons. The number of hydrogen-bond donors (Lipinski definition) is 0. The molecule has 0 N–H and O–H groups in total. The largest absolute Gasteiger partial charge is 0.426 e. The molecule has 0 radical (unpaired) electrons. The molecule has 18 heavy (non-hydrogen) atoms. The van der Waals surface area contributed by atoms with Crippen molar-refractivity contribution in [2.45, 2.75) is 19.3 Å². The van der Waals surface area contributed by atoms with Crippen LogP contribution in [-0.2, 0) is 14.4 Å². The number of para-hydroxylation sites is 1. The normalized spacial score (nSPS) is 15.0. The zero-order valence-corrected chi connectivity index (χ0v) is 9.80. The summed E-state index contributed by atoms with van der Waals surface area (Å²) in [6, 6.07) is 8.68. The number of rotatable bonds is 4. The van der Waals surface area contributed by atoms with Gasteiger partial charge in [0.1, 0.15) is 5.75 Å². The maximum absolute atomic E-state index is 11.5. The minimum atomic E-state index is -0.450. The van der Waals surface area contributed by atoms with E-state index in [-0.39, 0.29) is 37.6 Å². The van der Waals surface area contributed by atoms with E-state index in [0.717, 1.165) is 4.90 Å². The number of carbonyl (C=O) groups is 3. The minimum Gasteiger partial charge on any atom is -0.426 e. The first-order chi connectivity index (χ1) is 8.66. The highest BCUT2D eigenvalue weighted by Crippen LogP contribution is 2.13. The first-order valence-corrected chi connectivity index (χ1v) is 5.76. The van der Waals surface area contributed by atoms with Gasteiger partial charge in [-0.1, -0.05) is 18.2 Å². The highest BCUT2D eigenvalue weighted by Gasteiger charge is 2.28. The number of likely N-dealkylation sites (tertiary alicyclic amines) is 1. The Labute approximate surface area is 104 Å². The van der Waals surface area contributed by atoms with E-state index < -0.39 is 5.97 Å². The molecule has 1 aromatic carbocycles. The number of amides is 2. The van der Waals surface area contributed by atoms with Crippen LogP contribution in [0.3, 0.4) is 0 Å². The Hall–Kier alpha value is -2.17. The Morgan fingerprint density at radius 3 is 2.33 bits per heavy atom. The van der Waals surface area contributed by atoms with Gasteiger partial charge >= 0.3 is 5.97 Å². The van der Waals surface area contributed by atoms with Crippen LogP contribution < -0.4 is 4.74 Å². The highest BCUT2D eigenvalue weighted by molar-refractivity contribution is 6.02. The average molecular weight is 247 g/mol. The summed E-state index contributed by atoms with van der Waals surface area (Å²) >= 11 is 0. The van der Waals surface area contributed by atoms with Crippen LogP contribution in [0.4, 0.5) is 0 Å². The standard InChI is InChI=1S/C13H13NO4/c15-11-6-7-12(16)14(11)9-8-13(17)18-10-4-2-1-3-5-10/h1-5H,6-9H2. The van der Waals surface area contributed by atoms with Crippen molar-refractivity contribution in [3.8, 4) is 5.75 Å². The maximum atomic E-state index is 11.5. The van der Waals surface area contributed by atoms with E-state index in [0.29, 0.717) is 5.75 Å². The number of hydrogen-bond acceptors (Lipinski definition) is 4. The number of carbonyl (C=O) groups excluding carboxylic acids is 3. The third-order valence-electron chi connectivity index (χ3n) is 2.67. The SMILES string of the molecule is O=C(CCN1C(=O)CCC1=O)Oc1ccccc1. The molecule has 0 aliphatic carbocycles. The summed E-state index contributed by atoms with van der Waals surface area (Å²) in [5.41, 5.74) is 0. The summed E-state index contributed by atoms with van der Waals surface area (Å²) in [6.07, 6.45) is 0.505. The van der Waals surface area contributed by atoms with E-state index in [1.54, 1.807) is 24.3 Å². The smallest absolute Gasteiger partial charge is 0.312 e. The molecule has 1 saturated heterocycles. The Balaban J connectivity index is 1.82. The Bertz CT molecular complexity index is 453. The van der Waals surface area contributed by atoms with Gasteiger partial charge in [-0.25, -0.2) is 0 Å². The van der Waals surface area contributed by atoms with E-state index in [1.165, 1.54) is 0 Å². The van der Waals surface area contributed by atoms with Crippen molar-refractivity contribution < 1.29 is 19.1 Å². The molecule has 0 unspecified atom stereocenters. The van der Waals surface area contributed by atoms with Gasteiger partial charge in [0.25, 0.3) is 0 Å². The van der Waals surface area contributed by atoms with Crippen LogP contribution in [0.25, 0.3) is 0 Å². The summed E-state index contributed by atoms with van der Waals surface area (Å²) in [4.78, 5) is 35.2. The van der Waals surface area contributed by atoms with Crippen LogP contribution in [0.15, 0.2) is 30.3 Å². The zero-order chi connectivity index (χ0) is 13.0. The van der Waals surface area contributed by atoms with Crippen molar-refractivity contribution in [3.05, 3.63) is 30.3 Å². The van der Waals surface area contributed by atoms with E-state index in [9.17, 15) is 14.4 Å². The molecule has 1 aliphatic heterocycles. The molecule has 2 amide bonds. The molecule has 0 aromatic heterocycles. The third kappa shape index (κ3) is 2.94. The molecule has 1 aromatic rings. The van der Waals surface area contributed by atoms with Gasteiger partial charge in [0.15, 0.2) is 0 Å². The van der Waals surface area contributed by atoms with E-state index in [2.05, 4.69) is 0 Å². The van der Waals surface area contributed by atoms with Crippen molar-refractivity contribution in [2.75, 3.05) is 6.54 Å². The van der Waals surface area contributed by atoms with E-state index in [1.807, 2.05) is 6.07 Å². The number of imide groups is 1. The molecule has 5 nitrogen and oxygen atoms in total. The Morgan fingerprint density at radius 1 is 1.11 bits per heavy atom. The zero-order valence-electron chi connectivity index (χ0n) is 9.80. The molecule has 1 fully saturated rings. The molecular weight excluding hydrogens is 234 g/mol. The van der Waals surface area contributed by atoms with Crippen LogP contribution in [-0.4, -0.2) is 29.2 Å². The number of ether oxygens (including phenoxy) is 1. The molecule has 0 saturated carbocycles. The van der Waals surface area contributed by atoms with Crippen LogP contribution >= 0.6 is 0 Å². The summed E-state index contributed by atoms with van der Waals surface area (Å²) < 4.78 is 5.06. The van der Waals surface area contributed by atoms with Gasteiger partial charge in [-0.3, -0.25) is 19.3 Å². The summed E-state index contributed by atoms with van der Waals surface area (Å²) in [5.74, 6) is -0.421. The molecule has 0 spiro atoms. The molecule has 1 heterocycles. The van der Waals surface area contributed by atoms with Gasteiger partial charge < -0.3 is 4.74 Å². The molecule has 0 atom stereocenters. The predicted molar refractivity (Wildman–Crippen MR) is 62.6 cm³/mol. The summed E-state index contributed by atoms with van der Waals surface area (Å²) in [5, 5.41) is 0. The fourth-order valence-corrected chi connectivity index (χ4v) is 1.75. The van der Waals surface area contributed by atoms with Crippen LogP contribution in [0, 0.1) is 0 Å². The van der Waals surface area contributed by atoms with Crippen molar-refractivity contribution in [1.29, 1.82) is 0 Å². The van der Waals surface area contributed by atoms with Gasteiger partial charge in [-0.2, -0.15) is 0 Å². The molecular formula is C13H13NO4. The number of esters is 1. The maximum Gasteiger partial charge on any atom is 0.312 e. The molecule has 5 heteroatoms. The van der Waals surface area contributed by atoms with Gasteiger partial charge in [0.05, 0.1) is 6.42 Å². The summed E-state index contributed by atoms with van der Waals surface area (Å²) in [7, 11) is 0. The fraction of sp³-hybridized carbons (Fsp3) is 0.308. The molecule has 0 bridgehead atoms. The number of nitrogens with zero attached hydrogens (tertiary/aromatic N) is 1. The summed E-state index contributed by atoms with van der Waals surface area (Å²) in [6.45, 7) is 0.101. The molecule has 1 aliphatic rings. The van der Waals surface area contributed by atoms with Crippen LogP contribution in [0.5, 0.6) is 5.75 Å². The first-order valence-electron chi connectivity index (χ1n) is 5.76. The van der Waals surface area contributed by atoms with Crippen molar-refractivity contribution in [2.24, 2.45) is 0 Å². The fourth-order valence-electron chi connectivity index (χ4n) is 1.75. The second-order valence-electron chi connectivity index (χ2n) is 3.98. The monoisotopic (exact) mass is 247 g/mol. The number of benzene rings is 1. The predicted octanol–water partition coefficient (Wildman–Crippen LogP) is 1.13. The van der Waals surface area contributed by atoms with Gasteiger partial charge in [0, 0.05) is 19.4 Å². The second kappa shape index (κ2) is 5.44. The second-order valence-corrected chi connectivity index (χ2v) is 3.98. The average Bonchev–Trinajstić information content (AvgIpc) is 2.68. The van der Waals surface area contributed by atoms with Crippen molar-refractivity contribution >= 4 is 17.8 Å².